The van der Waals surface area contributed by atoms with Crippen LogP contribution in [-0.2, 0) is 0 Å². The van der Waals surface area contributed by atoms with Crippen molar-refractivity contribution in [3.63, 3.8) is 0 Å². The van der Waals surface area contributed by atoms with Crippen LogP contribution in [0.25, 0.3) is 10.9 Å². The number of aliphatic hydroxyl groups excluding tert-OH is 1. The molecule has 1 unspecified atom stereocenters. The predicted molar refractivity (Wildman–Crippen MR) is 80.4 cm³/mol. The number of para-hydroxylation sites is 1. The molecule has 20 heavy (non-hydrogen) atoms. The van der Waals surface area contributed by atoms with E-state index in [-0.39, 0.29) is 12.6 Å². The summed E-state index contributed by atoms with van der Waals surface area (Å²) >= 11 is 0. The van der Waals surface area contributed by atoms with Crippen molar-refractivity contribution in [2.75, 3.05) is 11.9 Å². The highest BCUT2D eigenvalue weighted by atomic mass is 16.3. The third kappa shape index (κ3) is 3.25. The molecule has 2 rings (SSSR count). The van der Waals surface area contributed by atoms with E-state index >= 15 is 0 Å². The number of nitriles is 1. The highest BCUT2D eigenvalue weighted by Crippen LogP contribution is 2.21. The van der Waals surface area contributed by atoms with Gasteiger partial charge in [0.05, 0.1) is 29.8 Å². The topological polar surface area (TPSA) is 68.9 Å². The summed E-state index contributed by atoms with van der Waals surface area (Å²) in [6, 6.07) is 11.5. The molecule has 0 saturated carbocycles. The molecule has 2 aromatic rings. The average molecular weight is 269 g/mol. The number of aromatic nitrogens is 1. The molecule has 1 atom stereocenters. The number of nitrogens with one attached hydrogen (secondary N) is 1. The SMILES string of the molecule is CC(C)CC(CO)Nc1cc(C#N)c2ccccc2n1. The van der Waals surface area contributed by atoms with Crippen LogP contribution < -0.4 is 5.32 Å². The van der Waals surface area contributed by atoms with E-state index in [4.69, 9.17) is 0 Å². The van der Waals surface area contributed by atoms with E-state index in [1.165, 1.54) is 0 Å². The van der Waals surface area contributed by atoms with Crippen molar-refractivity contribution >= 4 is 16.7 Å². The van der Waals surface area contributed by atoms with Gasteiger partial charge in [0.15, 0.2) is 0 Å². The fraction of sp³-hybridized carbons (Fsp3) is 0.375. The molecule has 1 heterocycles. The molecule has 0 amide bonds. The van der Waals surface area contributed by atoms with Crippen LogP contribution >= 0.6 is 0 Å². The Morgan fingerprint density at radius 3 is 2.75 bits per heavy atom. The quantitative estimate of drug-likeness (QED) is 0.875. The largest absolute Gasteiger partial charge is 0.394 e. The smallest absolute Gasteiger partial charge is 0.128 e. The maximum absolute atomic E-state index is 9.42. The van der Waals surface area contributed by atoms with Crippen LogP contribution in [0.4, 0.5) is 5.82 Å². The highest BCUT2D eigenvalue weighted by molar-refractivity contribution is 5.86. The number of anilines is 1. The lowest BCUT2D eigenvalue weighted by molar-refractivity contribution is 0.259. The molecule has 104 valence electrons. The summed E-state index contributed by atoms with van der Waals surface area (Å²) in [5, 5.41) is 22.7. The lowest BCUT2D eigenvalue weighted by Gasteiger charge is -2.19. The second-order valence-electron chi connectivity index (χ2n) is 5.34. The summed E-state index contributed by atoms with van der Waals surface area (Å²) < 4.78 is 0. The molecule has 4 nitrogen and oxygen atoms in total. The number of nitrogens with zero attached hydrogens (tertiary/aromatic N) is 2. The Balaban J connectivity index is 2.33. The van der Waals surface area contributed by atoms with Crippen molar-refractivity contribution in [2.45, 2.75) is 26.3 Å². The first kappa shape index (κ1) is 14.3. The van der Waals surface area contributed by atoms with Gasteiger partial charge in [-0.25, -0.2) is 4.98 Å². The van der Waals surface area contributed by atoms with Gasteiger partial charge in [0.25, 0.3) is 0 Å². The molecule has 0 aliphatic carbocycles. The number of rotatable bonds is 5. The summed E-state index contributed by atoms with van der Waals surface area (Å²) in [6.45, 7) is 4.27. The Kier molecular flexibility index (Phi) is 4.54. The Hall–Kier alpha value is -2.12. The summed E-state index contributed by atoms with van der Waals surface area (Å²) in [5.41, 5.74) is 1.38. The van der Waals surface area contributed by atoms with E-state index in [0.717, 1.165) is 17.3 Å². The van der Waals surface area contributed by atoms with E-state index in [2.05, 4.69) is 30.2 Å². The summed E-state index contributed by atoms with van der Waals surface area (Å²) in [4.78, 5) is 4.51. The molecule has 0 aliphatic heterocycles. The average Bonchev–Trinajstić information content (AvgIpc) is 2.45. The van der Waals surface area contributed by atoms with Gasteiger partial charge in [-0.15, -0.1) is 0 Å². The maximum Gasteiger partial charge on any atom is 0.128 e. The monoisotopic (exact) mass is 269 g/mol. The molecule has 1 aromatic heterocycles. The molecule has 0 saturated heterocycles. The van der Waals surface area contributed by atoms with Gasteiger partial charge in [0, 0.05) is 5.39 Å². The fourth-order valence-electron chi connectivity index (χ4n) is 2.30. The third-order valence-electron chi connectivity index (χ3n) is 3.16. The van der Waals surface area contributed by atoms with Crippen molar-refractivity contribution < 1.29 is 5.11 Å². The summed E-state index contributed by atoms with van der Waals surface area (Å²) in [5.74, 6) is 1.12. The van der Waals surface area contributed by atoms with Crippen molar-refractivity contribution in [1.29, 1.82) is 5.26 Å². The zero-order chi connectivity index (χ0) is 14.5. The molecule has 0 fully saturated rings. The molecular weight excluding hydrogens is 250 g/mol. The van der Waals surface area contributed by atoms with Crippen LogP contribution in [0, 0.1) is 17.2 Å². The Morgan fingerprint density at radius 2 is 2.10 bits per heavy atom. The minimum Gasteiger partial charge on any atom is -0.394 e. The Labute approximate surface area is 119 Å². The highest BCUT2D eigenvalue weighted by Gasteiger charge is 2.12. The minimum absolute atomic E-state index is 0.0461. The van der Waals surface area contributed by atoms with E-state index < -0.39 is 0 Å². The minimum atomic E-state index is -0.0461. The number of benzene rings is 1. The fourth-order valence-corrected chi connectivity index (χ4v) is 2.30. The zero-order valence-corrected chi connectivity index (χ0v) is 11.8. The van der Waals surface area contributed by atoms with Gasteiger partial charge >= 0.3 is 0 Å². The third-order valence-corrected chi connectivity index (χ3v) is 3.16. The number of aliphatic hydroxyl groups is 1. The van der Waals surface area contributed by atoms with Crippen LogP contribution in [0.2, 0.25) is 0 Å². The standard InChI is InChI=1S/C16H19N3O/c1-11(2)7-13(10-20)18-16-8-12(9-17)14-5-3-4-6-15(14)19-16/h3-6,8,11,13,20H,7,10H2,1-2H3,(H,18,19). The van der Waals surface area contributed by atoms with Gasteiger partial charge in [0.2, 0.25) is 0 Å². The molecule has 4 heteroatoms. The second-order valence-corrected chi connectivity index (χ2v) is 5.34. The van der Waals surface area contributed by atoms with Crippen molar-refractivity contribution in [3.05, 3.63) is 35.9 Å². The van der Waals surface area contributed by atoms with Crippen LogP contribution in [-0.4, -0.2) is 22.7 Å². The van der Waals surface area contributed by atoms with Crippen LogP contribution in [0.1, 0.15) is 25.8 Å². The first-order chi connectivity index (χ1) is 9.63. The van der Waals surface area contributed by atoms with Crippen molar-refractivity contribution in [3.8, 4) is 6.07 Å². The lowest BCUT2D eigenvalue weighted by atomic mass is 10.0. The molecule has 0 spiro atoms. The molecule has 1 aromatic carbocycles. The summed E-state index contributed by atoms with van der Waals surface area (Å²) in [7, 11) is 0. The van der Waals surface area contributed by atoms with E-state index in [9.17, 15) is 10.4 Å². The Morgan fingerprint density at radius 1 is 1.35 bits per heavy atom. The van der Waals surface area contributed by atoms with Gasteiger partial charge in [-0.05, 0) is 24.5 Å². The predicted octanol–water partition coefficient (Wildman–Crippen LogP) is 2.93. The molecular formula is C16H19N3O. The van der Waals surface area contributed by atoms with Crippen LogP contribution in [0.15, 0.2) is 30.3 Å². The van der Waals surface area contributed by atoms with Crippen LogP contribution in [0.5, 0.6) is 0 Å². The Bertz CT molecular complexity index is 631. The lowest BCUT2D eigenvalue weighted by Crippen LogP contribution is -2.26. The van der Waals surface area contributed by atoms with Crippen LogP contribution in [0.3, 0.4) is 0 Å². The van der Waals surface area contributed by atoms with Gasteiger partial charge < -0.3 is 10.4 Å². The van der Waals surface area contributed by atoms with E-state index in [1.54, 1.807) is 6.07 Å². The number of pyridine rings is 1. The first-order valence-electron chi connectivity index (χ1n) is 6.81. The maximum atomic E-state index is 9.42. The molecule has 0 bridgehead atoms. The van der Waals surface area contributed by atoms with E-state index in [0.29, 0.717) is 17.3 Å². The van der Waals surface area contributed by atoms with Gasteiger partial charge in [-0.3, -0.25) is 0 Å². The normalized spacial score (nSPS) is 12.3. The number of fused-ring (bicyclic) bond motifs is 1. The molecule has 2 N–H and O–H groups in total. The zero-order valence-electron chi connectivity index (χ0n) is 11.8. The van der Waals surface area contributed by atoms with E-state index in [1.807, 2.05) is 24.3 Å². The molecule has 0 aliphatic rings. The summed E-state index contributed by atoms with van der Waals surface area (Å²) in [6.07, 6.45) is 0.854. The number of hydrogen-bond acceptors (Lipinski definition) is 4. The van der Waals surface area contributed by atoms with Gasteiger partial charge in [-0.1, -0.05) is 32.0 Å². The second kappa shape index (κ2) is 6.36. The first-order valence-corrected chi connectivity index (χ1v) is 6.81. The van der Waals surface area contributed by atoms with Gasteiger partial charge in [0.1, 0.15) is 5.82 Å². The number of hydrogen-bond donors (Lipinski definition) is 2. The van der Waals surface area contributed by atoms with Crippen molar-refractivity contribution in [1.82, 2.24) is 4.98 Å². The van der Waals surface area contributed by atoms with Gasteiger partial charge in [-0.2, -0.15) is 5.26 Å². The molecule has 0 radical (unpaired) electrons. The van der Waals surface area contributed by atoms with Crippen molar-refractivity contribution in [2.24, 2.45) is 5.92 Å².